The first kappa shape index (κ1) is 21.8. The number of pyridine rings is 1. The summed E-state index contributed by atoms with van der Waals surface area (Å²) < 4.78 is 0. The molecule has 0 bridgehead atoms. The molecule has 29 heavy (non-hydrogen) atoms. The second-order valence-corrected chi connectivity index (χ2v) is 9.37. The summed E-state index contributed by atoms with van der Waals surface area (Å²) in [5.41, 5.74) is 10.1. The number of carbonyl (C=O) groups excluding carboxylic acids is 1. The molecule has 0 saturated heterocycles. The van der Waals surface area contributed by atoms with Crippen LogP contribution >= 0.6 is 11.3 Å². The number of amides is 1. The van der Waals surface area contributed by atoms with Gasteiger partial charge in [-0.1, -0.05) is 6.92 Å². The fourth-order valence-corrected chi connectivity index (χ4v) is 6.02. The first-order valence-electron chi connectivity index (χ1n) is 10.6. The number of rotatable bonds is 6. The number of aryl methyl sites for hydroxylation is 2. The normalized spacial score (nSPS) is 20.4. The molecule has 158 valence electrons. The van der Waals surface area contributed by atoms with Crippen LogP contribution in [-0.2, 0) is 6.54 Å². The predicted molar refractivity (Wildman–Crippen MR) is 120 cm³/mol. The molecule has 1 unspecified atom stereocenters. The van der Waals surface area contributed by atoms with Crippen LogP contribution < -0.4 is 16.6 Å². The van der Waals surface area contributed by atoms with Gasteiger partial charge in [0.25, 0.3) is 11.5 Å². The maximum atomic E-state index is 12.8. The molecule has 0 aromatic carbocycles. The minimum atomic E-state index is -0.132. The highest BCUT2D eigenvalue weighted by Crippen LogP contribution is 2.42. The highest BCUT2D eigenvalue weighted by molar-refractivity contribution is 7.10. The summed E-state index contributed by atoms with van der Waals surface area (Å²) in [5, 5.41) is 4.92. The Kier molecular flexibility index (Phi) is 6.96. The lowest BCUT2D eigenvalue weighted by Gasteiger charge is -2.32. The third-order valence-corrected chi connectivity index (χ3v) is 7.62. The smallest absolute Gasteiger partial charge is 0.253 e. The second kappa shape index (κ2) is 9.26. The van der Waals surface area contributed by atoms with Crippen molar-refractivity contribution in [3.05, 3.63) is 54.6 Å². The van der Waals surface area contributed by atoms with Crippen LogP contribution in [0.25, 0.3) is 0 Å². The predicted octanol–water partition coefficient (Wildman–Crippen LogP) is 4.30. The van der Waals surface area contributed by atoms with Crippen LogP contribution in [0, 0.1) is 26.7 Å². The summed E-state index contributed by atoms with van der Waals surface area (Å²) in [6.45, 7) is 8.30. The Hall–Kier alpha value is -1.92. The van der Waals surface area contributed by atoms with Crippen molar-refractivity contribution in [2.75, 3.05) is 0 Å². The van der Waals surface area contributed by atoms with Crippen molar-refractivity contribution >= 4 is 17.2 Å². The summed E-state index contributed by atoms with van der Waals surface area (Å²) in [6.07, 6.45) is 5.63. The van der Waals surface area contributed by atoms with E-state index in [9.17, 15) is 9.59 Å². The van der Waals surface area contributed by atoms with Crippen LogP contribution in [0.3, 0.4) is 0 Å². The van der Waals surface area contributed by atoms with Crippen LogP contribution in [0.4, 0.5) is 0 Å². The van der Waals surface area contributed by atoms with Crippen molar-refractivity contribution in [2.45, 2.75) is 78.3 Å². The Morgan fingerprint density at radius 2 is 1.97 bits per heavy atom. The lowest BCUT2D eigenvalue weighted by Crippen LogP contribution is -2.29. The molecule has 4 N–H and O–H groups in total. The monoisotopic (exact) mass is 415 g/mol. The van der Waals surface area contributed by atoms with Gasteiger partial charge in [0.15, 0.2) is 0 Å². The lowest BCUT2D eigenvalue weighted by molar-refractivity contribution is 0.0950. The highest BCUT2D eigenvalue weighted by atomic mass is 32.1. The van der Waals surface area contributed by atoms with Gasteiger partial charge in [0.1, 0.15) is 0 Å². The summed E-state index contributed by atoms with van der Waals surface area (Å²) in [6, 6.07) is 2.28. The number of nitrogens with two attached hydrogens (primary N) is 1. The standard InChI is InChI=1S/C23H33N3O2S/c1-5-18(16-6-8-17(24)9-7-16)21-15(4)20(12-29-21)22(27)25-11-19-13(2)10-14(3)26-23(19)28/h10,12,16-18H,5-9,11,24H2,1-4H3,(H,25,27)(H,26,28)/t16-,17+,18?. The summed E-state index contributed by atoms with van der Waals surface area (Å²) in [5.74, 6) is 1.04. The largest absolute Gasteiger partial charge is 0.348 e. The quantitative estimate of drug-likeness (QED) is 0.657. The highest BCUT2D eigenvalue weighted by Gasteiger charge is 2.29. The van der Waals surface area contributed by atoms with Crippen LogP contribution in [0.1, 0.15) is 82.6 Å². The van der Waals surface area contributed by atoms with Crippen molar-refractivity contribution in [3.8, 4) is 0 Å². The van der Waals surface area contributed by atoms with Gasteiger partial charge in [0.05, 0.1) is 5.56 Å². The molecule has 0 radical (unpaired) electrons. The van der Waals surface area contributed by atoms with E-state index in [1.165, 1.54) is 17.7 Å². The topological polar surface area (TPSA) is 88.0 Å². The van der Waals surface area contributed by atoms with Gasteiger partial charge < -0.3 is 16.0 Å². The van der Waals surface area contributed by atoms with Crippen molar-refractivity contribution in [1.82, 2.24) is 10.3 Å². The van der Waals surface area contributed by atoms with Crippen molar-refractivity contribution in [1.29, 1.82) is 0 Å². The first-order valence-corrected chi connectivity index (χ1v) is 11.5. The molecular formula is C23H33N3O2S. The van der Waals surface area contributed by atoms with E-state index in [0.29, 0.717) is 23.4 Å². The zero-order valence-corrected chi connectivity index (χ0v) is 18.7. The molecule has 5 nitrogen and oxygen atoms in total. The van der Waals surface area contributed by atoms with E-state index >= 15 is 0 Å². The van der Waals surface area contributed by atoms with E-state index in [0.717, 1.165) is 41.6 Å². The fourth-order valence-electron chi connectivity index (χ4n) is 4.67. The number of carbonyl (C=O) groups is 1. The van der Waals surface area contributed by atoms with Crippen molar-refractivity contribution in [2.24, 2.45) is 11.7 Å². The van der Waals surface area contributed by atoms with Gasteiger partial charge in [-0.15, -0.1) is 11.3 Å². The molecule has 0 spiro atoms. The molecule has 2 aromatic heterocycles. The molecule has 1 aliphatic carbocycles. The number of H-pyrrole nitrogens is 1. The number of hydrogen-bond donors (Lipinski definition) is 3. The molecule has 1 amide bonds. The van der Waals surface area contributed by atoms with E-state index in [1.807, 2.05) is 25.3 Å². The molecule has 1 fully saturated rings. The van der Waals surface area contributed by atoms with Gasteiger partial charge in [-0.2, -0.15) is 0 Å². The summed E-state index contributed by atoms with van der Waals surface area (Å²) in [7, 11) is 0. The molecule has 1 saturated carbocycles. The Morgan fingerprint density at radius 3 is 2.59 bits per heavy atom. The number of nitrogens with one attached hydrogen (secondary N) is 2. The van der Waals surface area contributed by atoms with Crippen LogP contribution in [0.15, 0.2) is 16.2 Å². The Bertz CT molecular complexity index is 923. The summed E-state index contributed by atoms with van der Waals surface area (Å²) >= 11 is 1.70. The Morgan fingerprint density at radius 1 is 1.28 bits per heavy atom. The Labute approximate surface area is 177 Å². The molecule has 2 heterocycles. The van der Waals surface area contributed by atoms with E-state index in [1.54, 1.807) is 11.3 Å². The minimum absolute atomic E-state index is 0.107. The minimum Gasteiger partial charge on any atom is -0.348 e. The molecule has 0 aliphatic heterocycles. The Balaban J connectivity index is 1.73. The fraction of sp³-hybridized carbons (Fsp3) is 0.565. The van der Waals surface area contributed by atoms with Gasteiger partial charge in [-0.3, -0.25) is 9.59 Å². The number of thiophene rings is 1. The number of hydrogen-bond acceptors (Lipinski definition) is 4. The third kappa shape index (κ3) is 4.81. The lowest BCUT2D eigenvalue weighted by atomic mass is 9.76. The zero-order chi connectivity index (χ0) is 21.1. The van der Waals surface area contributed by atoms with Crippen molar-refractivity contribution < 1.29 is 4.79 Å². The van der Waals surface area contributed by atoms with E-state index in [2.05, 4.69) is 24.1 Å². The maximum Gasteiger partial charge on any atom is 0.253 e. The third-order valence-electron chi connectivity index (χ3n) is 6.40. The molecular weight excluding hydrogens is 382 g/mol. The van der Waals surface area contributed by atoms with Crippen LogP contribution in [0.5, 0.6) is 0 Å². The van der Waals surface area contributed by atoms with Crippen LogP contribution in [-0.4, -0.2) is 16.9 Å². The average molecular weight is 416 g/mol. The summed E-state index contributed by atoms with van der Waals surface area (Å²) in [4.78, 5) is 29.2. The van der Waals surface area contributed by atoms with E-state index in [-0.39, 0.29) is 18.0 Å². The van der Waals surface area contributed by atoms with E-state index in [4.69, 9.17) is 5.73 Å². The van der Waals surface area contributed by atoms with Crippen LogP contribution in [0.2, 0.25) is 0 Å². The zero-order valence-electron chi connectivity index (χ0n) is 17.9. The van der Waals surface area contributed by atoms with Crippen molar-refractivity contribution in [3.63, 3.8) is 0 Å². The van der Waals surface area contributed by atoms with Gasteiger partial charge in [-0.05, 0) is 81.9 Å². The van der Waals surface area contributed by atoms with E-state index < -0.39 is 0 Å². The molecule has 6 heteroatoms. The SMILES string of the molecule is CCC(c1scc(C(=O)NCc2c(C)cc(C)[nH]c2=O)c1C)[C@H]1CC[C@@H](N)CC1. The van der Waals surface area contributed by atoms with Gasteiger partial charge >= 0.3 is 0 Å². The number of aromatic nitrogens is 1. The second-order valence-electron chi connectivity index (χ2n) is 8.45. The van der Waals surface area contributed by atoms with Gasteiger partial charge in [0.2, 0.25) is 0 Å². The molecule has 2 aromatic rings. The molecule has 3 rings (SSSR count). The first-order chi connectivity index (χ1) is 13.8. The number of aromatic amines is 1. The van der Waals surface area contributed by atoms with Gasteiger partial charge in [0, 0.05) is 34.1 Å². The molecule has 1 atom stereocenters. The molecule has 1 aliphatic rings. The van der Waals surface area contributed by atoms with Gasteiger partial charge in [-0.25, -0.2) is 0 Å². The maximum absolute atomic E-state index is 12.8. The average Bonchev–Trinajstić information content (AvgIpc) is 3.04.